The summed E-state index contributed by atoms with van der Waals surface area (Å²) in [5.74, 6) is -0.764. The molecule has 2 fully saturated rings. The first kappa shape index (κ1) is 11.2. The van der Waals surface area contributed by atoms with Crippen molar-refractivity contribution in [2.24, 2.45) is 5.41 Å². The normalized spacial score (nSPS) is 24.8. The van der Waals surface area contributed by atoms with Crippen molar-refractivity contribution in [1.29, 1.82) is 0 Å². The Labute approximate surface area is 103 Å². The standard InChI is InChI=1S/C12H14O4S/c1-8-2-3-17-9(8)11(4-15-5-11)12(10(13)14)6-16-7-12/h2-3H,4-7H2,1H3,(H,13,14). The van der Waals surface area contributed by atoms with Gasteiger partial charge < -0.3 is 14.6 Å². The van der Waals surface area contributed by atoms with Gasteiger partial charge in [0.1, 0.15) is 5.41 Å². The first-order chi connectivity index (χ1) is 8.12. The van der Waals surface area contributed by atoms with Gasteiger partial charge in [0, 0.05) is 4.88 Å². The monoisotopic (exact) mass is 254 g/mol. The molecule has 92 valence electrons. The Kier molecular flexibility index (Phi) is 2.33. The first-order valence-electron chi connectivity index (χ1n) is 5.56. The molecule has 0 aliphatic carbocycles. The third-order valence-corrected chi connectivity index (χ3v) is 5.24. The van der Waals surface area contributed by atoms with Crippen LogP contribution in [-0.4, -0.2) is 37.5 Å². The summed E-state index contributed by atoms with van der Waals surface area (Å²) in [5.41, 5.74) is -0.0123. The summed E-state index contributed by atoms with van der Waals surface area (Å²) < 4.78 is 10.5. The number of carboxylic acids is 1. The lowest BCUT2D eigenvalue weighted by Crippen LogP contribution is -2.69. The van der Waals surface area contributed by atoms with Gasteiger partial charge in [-0.25, -0.2) is 0 Å². The number of carbonyl (C=O) groups is 1. The molecule has 0 spiro atoms. The molecule has 0 radical (unpaired) electrons. The quantitative estimate of drug-likeness (QED) is 0.886. The van der Waals surface area contributed by atoms with Crippen LogP contribution in [0, 0.1) is 12.3 Å². The fourth-order valence-corrected chi connectivity index (χ4v) is 3.91. The Balaban J connectivity index is 2.09. The van der Waals surface area contributed by atoms with E-state index in [0.717, 1.165) is 10.4 Å². The molecule has 0 bridgehead atoms. The predicted octanol–water partition coefficient (Wildman–Crippen LogP) is 1.43. The number of aliphatic carboxylic acids is 1. The molecule has 17 heavy (non-hydrogen) atoms. The molecule has 0 saturated carbocycles. The molecule has 2 aliphatic heterocycles. The van der Waals surface area contributed by atoms with E-state index in [0.29, 0.717) is 26.4 Å². The van der Waals surface area contributed by atoms with E-state index in [1.54, 1.807) is 11.3 Å². The number of rotatable bonds is 3. The summed E-state index contributed by atoms with van der Waals surface area (Å²) in [5, 5.41) is 11.6. The van der Waals surface area contributed by atoms with Crippen LogP contribution in [0.1, 0.15) is 10.4 Å². The van der Waals surface area contributed by atoms with Crippen molar-refractivity contribution in [3.8, 4) is 0 Å². The second-order valence-corrected chi connectivity index (χ2v) is 5.80. The highest BCUT2D eigenvalue weighted by Crippen LogP contribution is 2.54. The molecule has 3 rings (SSSR count). The smallest absolute Gasteiger partial charge is 0.315 e. The van der Waals surface area contributed by atoms with Crippen LogP contribution in [0.5, 0.6) is 0 Å². The molecule has 5 heteroatoms. The van der Waals surface area contributed by atoms with E-state index in [1.807, 2.05) is 18.4 Å². The van der Waals surface area contributed by atoms with Crippen LogP contribution >= 0.6 is 11.3 Å². The van der Waals surface area contributed by atoms with Gasteiger partial charge in [0.05, 0.1) is 31.8 Å². The fourth-order valence-electron chi connectivity index (χ4n) is 2.70. The summed E-state index contributed by atoms with van der Waals surface area (Å²) in [7, 11) is 0. The molecule has 0 amide bonds. The third-order valence-electron chi connectivity index (χ3n) is 4.02. The summed E-state index contributed by atoms with van der Waals surface area (Å²) in [4.78, 5) is 12.8. The summed E-state index contributed by atoms with van der Waals surface area (Å²) in [6.07, 6.45) is 0. The van der Waals surface area contributed by atoms with Crippen molar-refractivity contribution < 1.29 is 19.4 Å². The molecule has 0 unspecified atom stereocenters. The summed E-state index contributed by atoms with van der Waals surface area (Å²) in [6, 6.07) is 2.04. The minimum Gasteiger partial charge on any atom is -0.481 e. The van der Waals surface area contributed by atoms with Crippen LogP contribution in [0.4, 0.5) is 0 Å². The van der Waals surface area contributed by atoms with E-state index < -0.39 is 11.4 Å². The second-order valence-electron chi connectivity index (χ2n) is 4.89. The molecule has 2 aliphatic rings. The number of hydrogen-bond acceptors (Lipinski definition) is 4. The van der Waals surface area contributed by atoms with Gasteiger partial charge in [0.25, 0.3) is 0 Å². The maximum Gasteiger partial charge on any atom is 0.315 e. The Bertz CT molecular complexity index is 457. The zero-order chi connectivity index (χ0) is 12.1. The minimum absolute atomic E-state index is 0.295. The fraction of sp³-hybridized carbons (Fsp3) is 0.583. The summed E-state index contributed by atoms with van der Waals surface area (Å²) >= 11 is 1.63. The van der Waals surface area contributed by atoms with Crippen LogP contribution in [0.25, 0.3) is 0 Å². The Morgan fingerprint density at radius 3 is 2.29 bits per heavy atom. The topological polar surface area (TPSA) is 55.8 Å². The van der Waals surface area contributed by atoms with Gasteiger partial charge in [-0.3, -0.25) is 4.79 Å². The van der Waals surface area contributed by atoms with Crippen molar-refractivity contribution in [2.75, 3.05) is 26.4 Å². The van der Waals surface area contributed by atoms with Crippen molar-refractivity contribution in [3.05, 3.63) is 21.9 Å². The average Bonchev–Trinajstić information content (AvgIpc) is 2.54. The maximum absolute atomic E-state index is 11.6. The van der Waals surface area contributed by atoms with E-state index >= 15 is 0 Å². The van der Waals surface area contributed by atoms with Gasteiger partial charge in [-0.2, -0.15) is 0 Å². The Hall–Kier alpha value is -0.910. The second kappa shape index (κ2) is 3.54. The zero-order valence-corrected chi connectivity index (χ0v) is 10.4. The van der Waals surface area contributed by atoms with E-state index in [2.05, 4.69) is 0 Å². The predicted molar refractivity (Wildman–Crippen MR) is 62.4 cm³/mol. The molecular formula is C12H14O4S. The maximum atomic E-state index is 11.6. The van der Waals surface area contributed by atoms with Gasteiger partial charge in [0.15, 0.2) is 0 Å². The van der Waals surface area contributed by atoms with E-state index in [4.69, 9.17) is 9.47 Å². The van der Waals surface area contributed by atoms with Gasteiger partial charge in [-0.1, -0.05) is 0 Å². The highest BCUT2D eigenvalue weighted by Gasteiger charge is 2.66. The molecule has 1 aromatic heterocycles. The number of hydrogen-bond donors (Lipinski definition) is 1. The lowest BCUT2D eigenvalue weighted by atomic mass is 9.59. The number of carboxylic acid groups (broad SMARTS) is 1. The molecule has 2 saturated heterocycles. The molecule has 1 aromatic rings. The van der Waals surface area contributed by atoms with Gasteiger partial charge in [0.2, 0.25) is 0 Å². The van der Waals surface area contributed by atoms with Gasteiger partial charge in [-0.15, -0.1) is 11.3 Å². The summed E-state index contributed by atoms with van der Waals surface area (Å²) in [6.45, 7) is 3.60. The lowest BCUT2D eigenvalue weighted by Gasteiger charge is -2.56. The highest BCUT2D eigenvalue weighted by molar-refractivity contribution is 7.10. The van der Waals surface area contributed by atoms with Crippen LogP contribution in [0.2, 0.25) is 0 Å². The average molecular weight is 254 g/mol. The molecule has 4 nitrogen and oxygen atoms in total. The largest absolute Gasteiger partial charge is 0.481 e. The first-order valence-corrected chi connectivity index (χ1v) is 6.44. The number of ether oxygens (including phenoxy) is 2. The number of thiophene rings is 1. The molecular weight excluding hydrogens is 240 g/mol. The SMILES string of the molecule is Cc1ccsc1C1(C2(C(=O)O)COC2)COC1. The van der Waals surface area contributed by atoms with Crippen LogP contribution in [-0.2, 0) is 19.7 Å². The highest BCUT2D eigenvalue weighted by atomic mass is 32.1. The third kappa shape index (κ3) is 1.22. The van der Waals surface area contributed by atoms with Crippen LogP contribution in [0.15, 0.2) is 11.4 Å². The van der Waals surface area contributed by atoms with E-state index in [1.165, 1.54) is 0 Å². The lowest BCUT2D eigenvalue weighted by molar-refractivity contribution is -0.235. The Morgan fingerprint density at radius 2 is 2.00 bits per heavy atom. The van der Waals surface area contributed by atoms with Gasteiger partial charge in [-0.05, 0) is 23.9 Å². The molecule has 1 N–H and O–H groups in total. The van der Waals surface area contributed by atoms with Crippen LogP contribution < -0.4 is 0 Å². The van der Waals surface area contributed by atoms with Gasteiger partial charge >= 0.3 is 5.97 Å². The molecule has 0 aromatic carbocycles. The van der Waals surface area contributed by atoms with E-state index in [9.17, 15) is 9.90 Å². The molecule has 3 heterocycles. The van der Waals surface area contributed by atoms with Crippen molar-refractivity contribution in [3.63, 3.8) is 0 Å². The Morgan fingerprint density at radius 1 is 1.35 bits per heavy atom. The minimum atomic E-state index is -0.791. The van der Waals surface area contributed by atoms with Crippen molar-refractivity contribution in [2.45, 2.75) is 12.3 Å². The van der Waals surface area contributed by atoms with Crippen LogP contribution in [0.3, 0.4) is 0 Å². The zero-order valence-electron chi connectivity index (χ0n) is 9.56. The van der Waals surface area contributed by atoms with E-state index in [-0.39, 0.29) is 5.41 Å². The molecule has 0 atom stereocenters. The van der Waals surface area contributed by atoms with Crippen molar-refractivity contribution in [1.82, 2.24) is 0 Å². The van der Waals surface area contributed by atoms with Crippen molar-refractivity contribution >= 4 is 17.3 Å². The number of aryl methyl sites for hydroxylation is 1.